The Hall–Kier alpha value is -2.75. The average Bonchev–Trinajstić information content (AvgIpc) is 2.68. The van der Waals surface area contributed by atoms with E-state index in [4.69, 9.17) is 9.47 Å². The van der Waals surface area contributed by atoms with E-state index in [1.165, 1.54) is 11.1 Å². The number of fused-ring (bicyclic) bond motifs is 1. The largest absolute Gasteiger partial charge is 0.490 e. The number of carbonyl (C=O) groups excluding carboxylic acids is 1. The third-order valence-corrected chi connectivity index (χ3v) is 4.43. The van der Waals surface area contributed by atoms with Crippen LogP contribution in [0.25, 0.3) is 6.08 Å². The van der Waals surface area contributed by atoms with E-state index in [1.54, 1.807) is 6.08 Å². The molecule has 1 heterocycles. The monoisotopic (exact) mass is 351 g/mol. The lowest BCUT2D eigenvalue weighted by molar-refractivity contribution is -0.126. The Bertz CT molecular complexity index is 798. The summed E-state index contributed by atoms with van der Waals surface area (Å²) in [7, 11) is 0. The number of hydrogen-bond acceptors (Lipinski definition) is 3. The van der Waals surface area contributed by atoms with E-state index in [1.807, 2.05) is 49.1 Å². The molecule has 0 saturated carbocycles. The second-order valence-electron chi connectivity index (χ2n) is 6.18. The maximum atomic E-state index is 12.5. The molecule has 0 atom stereocenters. The van der Waals surface area contributed by atoms with Crippen LogP contribution in [-0.4, -0.2) is 30.6 Å². The van der Waals surface area contributed by atoms with Crippen molar-refractivity contribution in [2.45, 2.75) is 26.8 Å². The maximum Gasteiger partial charge on any atom is 0.246 e. The van der Waals surface area contributed by atoms with Crippen LogP contribution in [0.2, 0.25) is 0 Å². The van der Waals surface area contributed by atoms with E-state index < -0.39 is 0 Å². The molecule has 0 fully saturated rings. The molecule has 4 nitrogen and oxygen atoms in total. The first-order chi connectivity index (χ1) is 12.7. The molecule has 3 rings (SSSR count). The van der Waals surface area contributed by atoms with Gasteiger partial charge in [0.05, 0.1) is 13.2 Å². The Morgan fingerprint density at radius 2 is 1.77 bits per heavy atom. The first-order valence-electron chi connectivity index (χ1n) is 9.14. The molecule has 1 amide bonds. The van der Waals surface area contributed by atoms with Crippen molar-refractivity contribution in [3.05, 3.63) is 65.2 Å². The van der Waals surface area contributed by atoms with Gasteiger partial charge in [-0.05, 0) is 55.2 Å². The van der Waals surface area contributed by atoms with Gasteiger partial charge in [0.1, 0.15) is 0 Å². The van der Waals surface area contributed by atoms with Crippen LogP contribution in [-0.2, 0) is 17.8 Å². The minimum Gasteiger partial charge on any atom is -0.490 e. The van der Waals surface area contributed by atoms with E-state index >= 15 is 0 Å². The fourth-order valence-electron chi connectivity index (χ4n) is 3.13. The molecule has 2 aromatic rings. The van der Waals surface area contributed by atoms with Crippen molar-refractivity contribution in [2.75, 3.05) is 19.8 Å². The zero-order valence-electron chi connectivity index (χ0n) is 15.4. The number of carbonyl (C=O) groups is 1. The molecule has 0 radical (unpaired) electrons. The Kier molecular flexibility index (Phi) is 5.95. The number of benzene rings is 2. The molecule has 0 saturated heterocycles. The first-order valence-corrected chi connectivity index (χ1v) is 9.14. The highest BCUT2D eigenvalue weighted by Crippen LogP contribution is 2.29. The molecule has 1 aliphatic rings. The molecule has 2 aromatic carbocycles. The van der Waals surface area contributed by atoms with Crippen molar-refractivity contribution in [3.63, 3.8) is 0 Å². The molecule has 136 valence electrons. The number of nitrogens with zero attached hydrogens (tertiary/aromatic N) is 1. The van der Waals surface area contributed by atoms with E-state index in [0.29, 0.717) is 25.5 Å². The SMILES string of the molecule is CCOc1ccc(/C=C/C(=O)N2CCc3ccccc3C2)cc1OCC. The van der Waals surface area contributed by atoms with Crippen LogP contribution >= 0.6 is 0 Å². The molecule has 1 aliphatic heterocycles. The fraction of sp³-hybridized carbons (Fsp3) is 0.318. The lowest BCUT2D eigenvalue weighted by Crippen LogP contribution is -2.34. The van der Waals surface area contributed by atoms with Gasteiger partial charge < -0.3 is 14.4 Å². The van der Waals surface area contributed by atoms with Crippen LogP contribution in [0.4, 0.5) is 0 Å². The van der Waals surface area contributed by atoms with Crippen LogP contribution in [0.1, 0.15) is 30.5 Å². The van der Waals surface area contributed by atoms with Crippen molar-refractivity contribution in [1.29, 1.82) is 0 Å². The molecule has 0 spiro atoms. The first kappa shape index (κ1) is 18.1. The summed E-state index contributed by atoms with van der Waals surface area (Å²) in [5.41, 5.74) is 3.50. The molecule has 4 heteroatoms. The summed E-state index contributed by atoms with van der Waals surface area (Å²) >= 11 is 0. The zero-order chi connectivity index (χ0) is 18.4. The highest BCUT2D eigenvalue weighted by atomic mass is 16.5. The Labute approximate surface area is 155 Å². The van der Waals surface area contributed by atoms with Gasteiger partial charge in [-0.25, -0.2) is 0 Å². The molecule has 26 heavy (non-hydrogen) atoms. The standard InChI is InChI=1S/C22H25NO3/c1-3-25-20-11-9-17(15-21(20)26-4-2)10-12-22(24)23-14-13-18-7-5-6-8-19(18)16-23/h5-12,15H,3-4,13-14,16H2,1-2H3/b12-10+. The third-order valence-electron chi connectivity index (χ3n) is 4.43. The summed E-state index contributed by atoms with van der Waals surface area (Å²) in [6.07, 6.45) is 4.38. The van der Waals surface area contributed by atoms with Crippen molar-refractivity contribution in [1.82, 2.24) is 4.90 Å². The smallest absolute Gasteiger partial charge is 0.246 e. The number of ether oxygens (including phenoxy) is 2. The minimum atomic E-state index is 0.0337. The maximum absolute atomic E-state index is 12.5. The highest BCUT2D eigenvalue weighted by molar-refractivity contribution is 5.92. The zero-order valence-corrected chi connectivity index (χ0v) is 15.4. The van der Waals surface area contributed by atoms with Crippen molar-refractivity contribution < 1.29 is 14.3 Å². The van der Waals surface area contributed by atoms with Gasteiger partial charge in [-0.1, -0.05) is 30.3 Å². The Balaban J connectivity index is 1.69. The van der Waals surface area contributed by atoms with E-state index in [2.05, 4.69) is 18.2 Å². The average molecular weight is 351 g/mol. The van der Waals surface area contributed by atoms with Gasteiger partial charge in [0.25, 0.3) is 0 Å². The van der Waals surface area contributed by atoms with Gasteiger partial charge in [-0.15, -0.1) is 0 Å². The summed E-state index contributed by atoms with van der Waals surface area (Å²) in [4.78, 5) is 14.4. The quantitative estimate of drug-likeness (QED) is 0.736. The predicted octanol–water partition coefficient (Wildman–Crippen LogP) is 4.08. The Morgan fingerprint density at radius 3 is 2.54 bits per heavy atom. The fourth-order valence-corrected chi connectivity index (χ4v) is 3.13. The van der Waals surface area contributed by atoms with E-state index in [9.17, 15) is 4.79 Å². The van der Waals surface area contributed by atoms with Crippen molar-refractivity contribution in [2.24, 2.45) is 0 Å². The van der Waals surface area contributed by atoms with Gasteiger partial charge in [-0.2, -0.15) is 0 Å². The van der Waals surface area contributed by atoms with Gasteiger partial charge >= 0.3 is 0 Å². The Morgan fingerprint density at radius 1 is 1.04 bits per heavy atom. The van der Waals surface area contributed by atoms with Gasteiger partial charge in [0.2, 0.25) is 5.91 Å². The van der Waals surface area contributed by atoms with Crippen LogP contribution in [0, 0.1) is 0 Å². The molecule has 0 aromatic heterocycles. The molecule has 0 N–H and O–H groups in total. The summed E-state index contributed by atoms with van der Waals surface area (Å²) in [5, 5.41) is 0. The van der Waals surface area contributed by atoms with E-state index in [-0.39, 0.29) is 5.91 Å². The highest BCUT2D eigenvalue weighted by Gasteiger charge is 2.18. The summed E-state index contributed by atoms with van der Waals surface area (Å²) in [6, 6.07) is 14.0. The van der Waals surface area contributed by atoms with Crippen LogP contribution < -0.4 is 9.47 Å². The summed E-state index contributed by atoms with van der Waals surface area (Å²) in [6.45, 7) is 6.47. The molecule has 0 bridgehead atoms. The lowest BCUT2D eigenvalue weighted by Gasteiger charge is -2.27. The number of amides is 1. The molecular formula is C22H25NO3. The van der Waals surface area contributed by atoms with Gasteiger partial charge in [-0.3, -0.25) is 4.79 Å². The van der Waals surface area contributed by atoms with Gasteiger partial charge in [0, 0.05) is 19.2 Å². The topological polar surface area (TPSA) is 38.8 Å². The molecule has 0 unspecified atom stereocenters. The molecule has 0 aliphatic carbocycles. The van der Waals surface area contributed by atoms with Crippen LogP contribution in [0.3, 0.4) is 0 Å². The van der Waals surface area contributed by atoms with Crippen molar-refractivity contribution in [3.8, 4) is 11.5 Å². The predicted molar refractivity (Wildman–Crippen MR) is 103 cm³/mol. The van der Waals surface area contributed by atoms with Gasteiger partial charge in [0.15, 0.2) is 11.5 Å². The number of hydrogen-bond donors (Lipinski definition) is 0. The summed E-state index contributed by atoms with van der Waals surface area (Å²) in [5.74, 6) is 1.47. The third kappa shape index (κ3) is 4.26. The van der Waals surface area contributed by atoms with Crippen LogP contribution in [0.5, 0.6) is 11.5 Å². The van der Waals surface area contributed by atoms with E-state index in [0.717, 1.165) is 24.3 Å². The van der Waals surface area contributed by atoms with Crippen molar-refractivity contribution >= 4 is 12.0 Å². The molecular weight excluding hydrogens is 326 g/mol. The second kappa shape index (κ2) is 8.56. The lowest BCUT2D eigenvalue weighted by atomic mass is 10.00. The van der Waals surface area contributed by atoms with Crippen LogP contribution in [0.15, 0.2) is 48.5 Å². The number of rotatable bonds is 6. The second-order valence-corrected chi connectivity index (χ2v) is 6.18. The normalized spacial score (nSPS) is 13.5. The minimum absolute atomic E-state index is 0.0337. The summed E-state index contributed by atoms with van der Waals surface area (Å²) < 4.78 is 11.2.